The molecule has 6 heteroatoms. The monoisotopic (exact) mass is 514 g/mol. The van der Waals surface area contributed by atoms with Crippen molar-refractivity contribution in [3.05, 3.63) is 101 Å². The number of carboxylic acid groups (broad SMARTS) is 1. The van der Waals surface area contributed by atoms with E-state index in [-0.39, 0.29) is 23.9 Å². The lowest BCUT2D eigenvalue weighted by Crippen LogP contribution is -2.68. The van der Waals surface area contributed by atoms with Gasteiger partial charge in [-0.1, -0.05) is 66.7 Å². The smallest absolute Gasteiger partial charge is 0.308 e. The molecule has 5 atom stereocenters. The topological polar surface area (TPSA) is 82.0 Å². The van der Waals surface area contributed by atoms with Crippen LogP contribution in [0.15, 0.2) is 78.9 Å². The van der Waals surface area contributed by atoms with E-state index in [1.54, 1.807) is 21.0 Å². The molecule has 1 unspecified atom stereocenters. The summed E-state index contributed by atoms with van der Waals surface area (Å²) < 4.78 is 5.66. The number of nitrogens with zero attached hydrogens (tertiary/aromatic N) is 1. The predicted molar refractivity (Wildman–Crippen MR) is 148 cm³/mol. The summed E-state index contributed by atoms with van der Waals surface area (Å²) in [5, 5.41) is 24.5. The molecule has 0 saturated carbocycles. The van der Waals surface area contributed by atoms with Crippen LogP contribution in [0.3, 0.4) is 0 Å². The number of methoxy groups -OCH3 is 1. The van der Waals surface area contributed by atoms with Crippen molar-refractivity contribution in [3.63, 3.8) is 0 Å². The molecule has 6 nitrogen and oxygen atoms in total. The number of hydrogen-bond donors (Lipinski definition) is 3. The summed E-state index contributed by atoms with van der Waals surface area (Å²) in [6, 6.07) is 27.0. The van der Waals surface area contributed by atoms with Gasteiger partial charge in [-0.25, -0.2) is 0 Å². The van der Waals surface area contributed by atoms with Crippen LogP contribution >= 0.6 is 0 Å². The summed E-state index contributed by atoms with van der Waals surface area (Å²) in [5.41, 5.74) is 3.26. The molecule has 0 radical (unpaired) electrons. The highest BCUT2D eigenvalue weighted by molar-refractivity contribution is 5.71. The Balaban J connectivity index is 1.54. The molecule has 6 rings (SSSR count). The Morgan fingerprint density at radius 2 is 1.68 bits per heavy atom. The Morgan fingerprint density at radius 3 is 2.24 bits per heavy atom. The number of rotatable bonds is 9. The molecule has 0 aliphatic carbocycles. The Kier molecular flexibility index (Phi) is 7.57. The number of aliphatic carboxylic acids is 1. The van der Waals surface area contributed by atoms with Crippen LogP contribution in [-0.2, 0) is 16.9 Å². The maximum atomic E-state index is 12.3. The molecule has 2 bridgehead atoms. The average Bonchev–Trinajstić information content (AvgIpc) is 2.93. The summed E-state index contributed by atoms with van der Waals surface area (Å²) >= 11 is 0. The number of carboxylic acids is 1. The summed E-state index contributed by atoms with van der Waals surface area (Å²) in [5.74, 6) is -0.268. The van der Waals surface area contributed by atoms with Gasteiger partial charge >= 0.3 is 5.97 Å². The van der Waals surface area contributed by atoms with Crippen molar-refractivity contribution in [1.82, 2.24) is 10.2 Å². The molecule has 3 aliphatic rings. The van der Waals surface area contributed by atoms with Gasteiger partial charge in [0.05, 0.1) is 18.6 Å². The number of carbonyl (C=O) groups is 1. The molecule has 200 valence electrons. The molecule has 3 aromatic rings. The van der Waals surface area contributed by atoms with Gasteiger partial charge in [0.2, 0.25) is 0 Å². The van der Waals surface area contributed by atoms with Crippen LogP contribution in [0.1, 0.15) is 48.4 Å². The van der Waals surface area contributed by atoms with E-state index >= 15 is 0 Å². The molecule has 0 amide bonds. The second kappa shape index (κ2) is 10.9. The van der Waals surface area contributed by atoms with Crippen molar-refractivity contribution in [2.75, 3.05) is 20.2 Å². The van der Waals surface area contributed by atoms with Gasteiger partial charge < -0.3 is 20.3 Å². The number of piperidine rings is 3. The van der Waals surface area contributed by atoms with Gasteiger partial charge in [0, 0.05) is 36.7 Å². The average molecular weight is 515 g/mol. The van der Waals surface area contributed by atoms with Crippen LogP contribution in [0.2, 0.25) is 0 Å². The fourth-order valence-corrected chi connectivity index (χ4v) is 6.56. The third-order valence-electron chi connectivity index (χ3n) is 8.44. The highest BCUT2D eigenvalue weighted by Gasteiger charge is 2.52. The van der Waals surface area contributed by atoms with E-state index in [2.05, 4.69) is 58.7 Å². The number of aliphatic hydroxyl groups is 1. The molecule has 3 N–H and O–H groups in total. The van der Waals surface area contributed by atoms with E-state index in [1.807, 2.05) is 30.3 Å². The Hall–Kier alpha value is -3.19. The van der Waals surface area contributed by atoms with Gasteiger partial charge in [-0.3, -0.25) is 9.69 Å². The van der Waals surface area contributed by atoms with Crippen molar-refractivity contribution < 1.29 is 19.7 Å². The van der Waals surface area contributed by atoms with E-state index in [0.717, 1.165) is 29.8 Å². The van der Waals surface area contributed by atoms with Gasteiger partial charge in [0.1, 0.15) is 5.75 Å². The SMILES string of the molecule is COc1ccc(C(C)(C)O)cc1CN[C@H]1[C@@H]2CCN(C[C@@H]2C(=O)O)[C@H]1C(c1ccccc1)c1ccccc1. The van der Waals surface area contributed by atoms with E-state index in [4.69, 9.17) is 4.74 Å². The van der Waals surface area contributed by atoms with Gasteiger partial charge in [-0.2, -0.15) is 0 Å². The predicted octanol–water partition coefficient (Wildman–Crippen LogP) is 4.62. The standard InChI is InChI=1S/C32H38N2O4/c1-32(2,37)24-14-15-27(38-3)23(18-24)19-33-29-25-16-17-34(20-26(25)31(35)36)30(29)28(21-10-6-4-7-11-21)22-12-8-5-9-13-22/h4-15,18,25-26,28-30,33,37H,16-17,19-20H2,1-3H3,(H,35,36)/t25-,26+,29+,30+/m1/s1. The van der Waals surface area contributed by atoms with Gasteiger partial charge in [0.15, 0.2) is 0 Å². The number of hydrogen-bond acceptors (Lipinski definition) is 5. The second-order valence-electron chi connectivity index (χ2n) is 11.2. The number of benzene rings is 3. The molecule has 0 aromatic heterocycles. The Labute approximate surface area is 225 Å². The van der Waals surface area contributed by atoms with Gasteiger partial charge in [-0.05, 0) is 61.6 Å². The zero-order chi connectivity index (χ0) is 26.9. The van der Waals surface area contributed by atoms with Crippen molar-refractivity contribution in [1.29, 1.82) is 0 Å². The molecule has 0 spiro atoms. The number of fused-ring (bicyclic) bond motifs is 3. The summed E-state index contributed by atoms with van der Waals surface area (Å²) in [6.07, 6.45) is 0.849. The molecule has 3 fully saturated rings. The molecule has 3 aromatic carbocycles. The van der Waals surface area contributed by atoms with Crippen LogP contribution in [0.25, 0.3) is 0 Å². The zero-order valence-electron chi connectivity index (χ0n) is 22.4. The molecular formula is C32H38N2O4. The maximum absolute atomic E-state index is 12.3. The van der Waals surface area contributed by atoms with Crippen molar-refractivity contribution in [2.45, 2.75) is 50.4 Å². The minimum atomic E-state index is -0.973. The third-order valence-corrected chi connectivity index (χ3v) is 8.44. The van der Waals surface area contributed by atoms with E-state index < -0.39 is 17.5 Å². The fraction of sp³-hybridized carbons (Fsp3) is 0.406. The van der Waals surface area contributed by atoms with Gasteiger partial charge in [0.25, 0.3) is 0 Å². The zero-order valence-corrected chi connectivity index (χ0v) is 22.4. The Morgan fingerprint density at radius 1 is 1.05 bits per heavy atom. The van der Waals surface area contributed by atoms with Crippen LogP contribution in [0, 0.1) is 11.8 Å². The molecule has 3 aliphatic heterocycles. The summed E-state index contributed by atoms with van der Waals surface area (Å²) in [4.78, 5) is 14.7. The summed E-state index contributed by atoms with van der Waals surface area (Å²) in [7, 11) is 1.65. The molecular weight excluding hydrogens is 476 g/mol. The lowest BCUT2D eigenvalue weighted by molar-refractivity contribution is -0.152. The highest BCUT2D eigenvalue weighted by atomic mass is 16.5. The largest absolute Gasteiger partial charge is 0.496 e. The quantitative estimate of drug-likeness (QED) is 0.387. The summed E-state index contributed by atoms with van der Waals surface area (Å²) in [6.45, 7) is 5.52. The Bertz CT molecular complexity index is 1200. The third kappa shape index (κ3) is 5.21. The lowest BCUT2D eigenvalue weighted by atomic mass is 9.66. The van der Waals surface area contributed by atoms with Crippen LogP contribution in [-0.4, -0.2) is 53.4 Å². The highest BCUT2D eigenvalue weighted by Crippen LogP contribution is 2.44. The lowest BCUT2D eigenvalue weighted by Gasteiger charge is -2.56. The van der Waals surface area contributed by atoms with Crippen molar-refractivity contribution in [2.24, 2.45) is 11.8 Å². The first-order valence-electron chi connectivity index (χ1n) is 13.5. The van der Waals surface area contributed by atoms with Crippen molar-refractivity contribution >= 4 is 5.97 Å². The minimum Gasteiger partial charge on any atom is -0.496 e. The fourth-order valence-electron chi connectivity index (χ4n) is 6.56. The van der Waals surface area contributed by atoms with Crippen LogP contribution in [0.5, 0.6) is 5.75 Å². The number of ether oxygens (including phenoxy) is 1. The number of nitrogens with one attached hydrogen (secondary N) is 1. The minimum absolute atomic E-state index is 0.0147. The van der Waals surface area contributed by atoms with Gasteiger partial charge in [-0.15, -0.1) is 0 Å². The van der Waals surface area contributed by atoms with E-state index in [0.29, 0.717) is 13.1 Å². The van der Waals surface area contributed by atoms with Crippen LogP contribution < -0.4 is 10.1 Å². The first kappa shape index (κ1) is 26.4. The molecule has 38 heavy (non-hydrogen) atoms. The first-order valence-corrected chi connectivity index (χ1v) is 13.5. The second-order valence-corrected chi connectivity index (χ2v) is 11.2. The maximum Gasteiger partial charge on any atom is 0.308 e. The molecule has 3 saturated heterocycles. The van der Waals surface area contributed by atoms with Crippen LogP contribution in [0.4, 0.5) is 0 Å². The van der Waals surface area contributed by atoms with E-state index in [9.17, 15) is 15.0 Å². The molecule has 3 heterocycles. The first-order chi connectivity index (χ1) is 18.3. The van der Waals surface area contributed by atoms with Crippen molar-refractivity contribution in [3.8, 4) is 5.75 Å². The van der Waals surface area contributed by atoms with E-state index in [1.165, 1.54) is 11.1 Å². The normalized spacial score (nSPS) is 24.9.